The summed E-state index contributed by atoms with van der Waals surface area (Å²) in [6, 6.07) is 26.6. The first-order valence-corrected chi connectivity index (χ1v) is 10.1. The number of amides is 1. The van der Waals surface area contributed by atoms with Gasteiger partial charge in [-0.1, -0.05) is 60.7 Å². The Labute approximate surface area is 171 Å². The molecule has 0 aromatic heterocycles. The lowest BCUT2D eigenvalue weighted by Gasteiger charge is -2.34. The van der Waals surface area contributed by atoms with Gasteiger partial charge in [0, 0.05) is 13.1 Å². The van der Waals surface area contributed by atoms with E-state index < -0.39 is 6.10 Å². The molecule has 29 heavy (non-hydrogen) atoms. The maximum atomic E-state index is 13.1. The van der Waals surface area contributed by atoms with Crippen molar-refractivity contribution in [1.82, 2.24) is 4.90 Å². The molecule has 148 valence electrons. The molecule has 0 saturated carbocycles. The minimum Gasteiger partial charge on any atom is -0.457 e. The van der Waals surface area contributed by atoms with E-state index in [9.17, 15) is 9.90 Å². The summed E-state index contributed by atoms with van der Waals surface area (Å²) in [5, 5.41) is 10.7. The molecule has 0 spiro atoms. The first-order chi connectivity index (χ1) is 14.2. The number of hydrogen-bond acceptors (Lipinski definition) is 3. The van der Waals surface area contributed by atoms with Crippen molar-refractivity contribution in [3.8, 4) is 11.5 Å². The molecule has 1 saturated heterocycles. The van der Waals surface area contributed by atoms with Crippen LogP contribution in [-0.4, -0.2) is 29.0 Å². The summed E-state index contributed by atoms with van der Waals surface area (Å²) < 4.78 is 5.95. The molecule has 0 radical (unpaired) electrons. The smallest absolute Gasteiger partial charge is 0.257 e. The van der Waals surface area contributed by atoms with Gasteiger partial charge in [-0.15, -0.1) is 0 Å². The van der Waals surface area contributed by atoms with E-state index in [1.807, 2.05) is 89.8 Å². The van der Waals surface area contributed by atoms with E-state index in [1.165, 1.54) is 0 Å². The summed E-state index contributed by atoms with van der Waals surface area (Å²) in [6.45, 7) is 1.26. The van der Waals surface area contributed by atoms with Gasteiger partial charge < -0.3 is 14.7 Å². The van der Waals surface area contributed by atoms with Crippen LogP contribution in [0.5, 0.6) is 11.5 Å². The number of aliphatic hydroxyl groups excluding tert-OH is 1. The van der Waals surface area contributed by atoms with Crippen LogP contribution in [-0.2, 0) is 0 Å². The standard InChI is InChI=1S/C25H25NO3/c27-24(19-9-3-1-4-10-19)20-15-17-26(18-16-20)25(28)22-13-7-8-14-23(22)29-21-11-5-2-6-12-21/h1-14,20,24,27H,15-18H2. The molecular formula is C25H25NO3. The zero-order valence-corrected chi connectivity index (χ0v) is 16.3. The number of para-hydroxylation sites is 2. The van der Waals surface area contributed by atoms with Gasteiger partial charge in [0.2, 0.25) is 0 Å². The van der Waals surface area contributed by atoms with Gasteiger partial charge in [-0.2, -0.15) is 0 Å². The summed E-state index contributed by atoms with van der Waals surface area (Å²) in [6.07, 6.45) is 1.08. The molecule has 1 fully saturated rings. The number of likely N-dealkylation sites (tertiary alicyclic amines) is 1. The van der Waals surface area contributed by atoms with E-state index >= 15 is 0 Å². The van der Waals surface area contributed by atoms with Crippen LogP contribution in [0.4, 0.5) is 0 Å². The van der Waals surface area contributed by atoms with Gasteiger partial charge in [0.05, 0.1) is 11.7 Å². The fraction of sp³-hybridized carbons (Fsp3) is 0.240. The summed E-state index contributed by atoms with van der Waals surface area (Å²) in [4.78, 5) is 15.0. The Morgan fingerprint density at radius 3 is 2.14 bits per heavy atom. The van der Waals surface area contributed by atoms with E-state index in [1.54, 1.807) is 0 Å². The SMILES string of the molecule is O=C(c1ccccc1Oc1ccccc1)N1CCC(C(O)c2ccccc2)CC1. The summed E-state index contributed by atoms with van der Waals surface area (Å²) in [7, 11) is 0. The van der Waals surface area contributed by atoms with Gasteiger partial charge >= 0.3 is 0 Å². The first-order valence-electron chi connectivity index (χ1n) is 10.1. The predicted octanol–water partition coefficient (Wildman–Crippen LogP) is 5.06. The third kappa shape index (κ3) is 4.49. The van der Waals surface area contributed by atoms with Gasteiger partial charge in [-0.05, 0) is 48.6 Å². The Bertz CT molecular complexity index is 935. The Kier molecular flexibility index (Phi) is 5.92. The number of benzene rings is 3. The molecule has 1 N–H and O–H groups in total. The Balaban J connectivity index is 1.42. The molecule has 1 amide bonds. The lowest BCUT2D eigenvalue weighted by molar-refractivity contribution is 0.0461. The second kappa shape index (κ2) is 8.93. The van der Waals surface area contributed by atoms with Crippen molar-refractivity contribution in [3.05, 3.63) is 96.1 Å². The van der Waals surface area contributed by atoms with Crippen molar-refractivity contribution < 1.29 is 14.6 Å². The number of piperidine rings is 1. The highest BCUT2D eigenvalue weighted by Gasteiger charge is 2.29. The molecular weight excluding hydrogens is 362 g/mol. The molecule has 1 aliphatic rings. The van der Waals surface area contributed by atoms with Crippen molar-refractivity contribution in [1.29, 1.82) is 0 Å². The third-order valence-electron chi connectivity index (χ3n) is 5.50. The number of carbonyl (C=O) groups excluding carboxylic acids is 1. The largest absolute Gasteiger partial charge is 0.457 e. The molecule has 3 aromatic rings. The van der Waals surface area contributed by atoms with Crippen LogP contribution in [0.1, 0.15) is 34.9 Å². The third-order valence-corrected chi connectivity index (χ3v) is 5.50. The minimum absolute atomic E-state index is 0.0239. The van der Waals surface area contributed by atoms with Crippen LogP contribution in [0.3, 0.4) is 0 Å². The number of carbonyl (C=O) groups is 1. The van der Waals surface area contributed by atoms with Gasteiger partial charge in [-0.3, -0.25) is 4.79 Å². The molecule has 1 heterocycles. The van der Waals surface area contributed by atoms with Crippen LogP contribution >= 0.6 is 0 Å². The average molecular weight is 387 g/mol. The van der Waals surface area contributed by atoms with Gasteiger partial charge in [0.15, 0.2) is 0 Å². The Morgan fingerprint density at radius 1 is 0.862 bits per heavy atom. The molecule has 4 nitrogen and oxygen atoms in total. The van der Waals surface area contributed by atoms with Crippen LogP contribution in [0.25, 0.3) is 0 Å². The highest BCUT2D eigenvalue weighted by atomic mass is 16.5. The summed E-state index contributed by atoms with van der Waals surface area (Å²) in [5.41, 5.74) is 1.51. The zero-order valence-electron chi connectivity index (χ0n) is 16.3. The van der Waals surface area contributed by atoms with Crippen LogP contribution < -0.4 is 4.74 Å². The van der Waals surface area contributed by atoms with Gasteiger partial charge in [0.1, 0.15) is 11.5 Å². The first kappa shape index (κ1) is 19.2. The van der Waals surface area contributed by atoms with E-state index in [4.69, 9.17) is 4.74 Å². The molecule has 0 aliphatic carbocycles. The topological polar surface area (TPSA) is 49.8 Å². The molecule has 4 rings (SSSR count). The highest BCUT2D eigenvalue weighted by molar-refractivity contribution is 5.97. The molecule has 3 aromatic carbocycles. The minimum atomic E-state index is -0.484. The average Bonchev–Trinajstić information content (AvgIpc) is 2.80. The Hall–Kier alpha value is -3.11. The quantitative estimate of drug-likeness (QED) is 0.665. The Morgan fingerprint density at radius 2 is 1.45 bits per heavy atom. The highest BCUT2D eigenvalue weighted by Crippen LogP contribution is 2.32. The van der Waals surface area contributed by atoms with Gasteiger partial charge in [0.25, 0.3) is 5.91 Å². The molecule has 1 unspecified atom stereocenters. The lowest BCUT2D eigenvalue weighted by Crippen LogP contribution is -2.39. The summed E-state index contributed by atoms with van der Waals surface area (Å²) >= 11 is 0. The molecule has 1 atom stereocenters. The van der Waals surface area contributed by atoms with Crippen molar-refractivity contribution in [3.63, 3.8) is 0 Å². The van der Waals surface area contributed by atoms with Crippen molar-refractivity contribution in [2.24, 2.45) is 5.92 Å². The molecule has 0 bridgehead atoms. The molecule has 4 heteroatoms. The van der Waals surface area contributed by atoms with E-state index in [2.05, 4.69) is 0 Å². The fourth-order valence-corrected chi connectivity index (χ4v) is 3.86. The fourth-order valence-electron chi connectivity index (χ4n) is 3.86. The van der Waals surface area contributed by atoms with E-state index in [0.29, 0.717) is 30.2 Å². The predicted molar refractivity (Wildman–Crippen MR) is 113 cm³/mol. The van der Waals surface area contributed by atoms with Crippen LogP contribution in [0, 0.1) is 5.92 Å². The zero-order chi connectivity index (χ0) is 20.1. The van der Waals surface area contributed by atoms with E-state index in [0.717, 1.165) is 18.4 Å². The number of ether oxygens (including phenoxy) is 1. The number of hydrogen-bond donors (Lipinski definition) is 1. The second-order valence-corrected chi connectivity index (χ2v) is 7.40. The maximum absolute atomic E-state index is 13.1. The molecule has 1 aliphatic heterocycles. The number of aliphatic hydroxyl groups is 1. The van der Waals surface area contributed by atoms with Gasteiger partial charge in [-0.25, -0.2) is 0 Å². The van der Waals surface area contributed by atoms with Crippen LogP contribution in [0.15, 0.2) is 84.9 Å². The van der Waals surface area contributed by atoms with E-state index in [-0.39, 0.29) is 11.8 Å². The van der Waals surface area contributed by atoms with Crippen molar-refractivity contribution in [2.75, 3.05) is 13.1 Å². The van der Waals surface area contributed by atoms with Crippen LogP contribution in [0.2, 0.25) is 0 Å². The lowest BCUT2D eigenvalue weighted by atomic mass is 9.87. The summed E-state index contributed by atoms with van der Waals surface area (Å²) in [5.74, 6) is 1.41. The number of nitrogens with zero attached hydrogens (tertiary/aromatic N) is 1. The number of rotatable bonds is 5. The van der Waals surface area contributed by atoms with Crippen molar-refractivity contribution >= 4 is 5.91 Å². The second-order valence-electron chi connectivity index (χ2n) is 7.40. The monoisotopic (exact) mass is 387 g/mol. The maximum Gasteiger partial charge on any atom is 0.257 e. The normalized spacial score (nSPS) is 15.7. The van der Waals surface area contributed by atoms with Crippen molar-refractivity contribution in [2.45, 2.75) is 18.9 Å².